The van der Waals surface area contributed by atoms with Crippen molar-refractivity contribution in [2.75, 3.05) is 51.0 Å². The first-order valence-electron chi connectivity index (χ1n) is 8.41. The zero-order valence-electron chi connectivity index (χ0n) is 15.1. The summed E-state index contributed by atoms with van der Waals surface area (Å²) in [6.07, 6.45) is -0.554. The summed E-state index contributed by atoms with van der Waals surface area (Å²) in [6.45, 7) is 5.24. The Labute approximate surface area is 151 Å². The molecule has 0 bridgehead atoms. The number of likely N-dealkylation sites (N-methyl/N-ethyl adjacent to an activating group) is 1. The van der Waals surface area contributed by atoms with Gasteiger partial charge in [-0.1, -0.05) is 0 Å². The lowest BCUT2D eigenvalue weighted by Gasteiger charge is -2.32. The number of nitrogens with zero attached hydrogens (tertiary/aromatic N) is 5. The Morgan fingerprint density at radius 1 is 1.12 bits per heavy atom. The SMILES string of the molecule is COc1ccc(F)cc1OC(C)c1nc(N)nc(N2CCN(C)CC2)n1. The van der Waals surface area contributed by atoms with Gasteiger partial charge in [0, 0.05) is 32.2 Å². The van der Waals surface area contributed by atoms with Crippen molar-refractivity contribution in [3.8, 4) is 11.5 Å². The van der Waals surface area contributed by atoms with Crippen LogP contribution in [-0.4, -0.2) is 60.2 Å². The van der Waals surface area contributed by atoms with E-state index in [0.717, 1.165) is 26.2 Å². The topological polar surface area (TPSA) is 89.6 Å². The molecule has 0 aliphatic carbocycles. The van der Waals surface area contributed by atoms with E-state index in [1.807, 2.05) is 0 Å². The molecule has 1 atom stereocenters. The Morgan fingerprint density at radius 3 is 2.54 bits per heavy atom. The number of nitrogen functional groups attached to an aromatic ring is 1. The summed E-state index contributed by atoms with van der Waals surface area (Å²) in [5.41, 5.74) is 5.87. The van der Waals surface area contributed by atoms with E-state index in [-0.39, 0.29) is 11.7 Å². The molecule has 140 valence electrons. The molecular formula is C17H23FN6O2. The molecule has 1 aliphatic rings. The summed E-state index contributed by atoms with van der Waals surface area (Å²) in [5, 5.41) is 0. The van der Waals surface area contributed by atoms with Crippen molar-refractivity contribution in [2.45, 2.75) is 13.0 Å². The second-order valence-electron chi connectivity index (χ2n) is 6.20. The van der Waals surface area contributed by atoms with Crippen LogP contribution in [-0.2, 0) is 0 Å². The number of hydrogen-bond donors (Lipinski definition) is 1. The monoisotopic (exact) mass is 362 g/mol. The zero-order chi connectivity index (χ0) is 18.7. The smallest absolute Gasteiger partial charge is 0.230 e. The molecule has 1 aromatic heterocycles. The van der Waals surface area contributed by atoms with Crippen LogP contribution in [0.5, 0.6) is 11.5 Å². The van der Waals surface area contributed by atoms with Crippen LogP contribution in [0.15, 0.2) is 18.2 Å². The number of rotatable bonds is 5. The second kappa shape index (κ2) is 7.69. The third kappa shape index (κ3) is 4.10. The Morgan fingerprint density at radius 2 is 1.85 bits per heavy atom. The van der Waals surface area contributed by atoms with Gasteiger partial charge in [-0.15, -0.1) is 0 Å². The van der Waals surface area contributed by atoms with Crippen molar-refractivity contribution >= 4 is 11.9 Å². The highest BCUT2D eigenvalue weighted by Crippen LogP contribution is 2.31. The lowest BCUT2D eigenvalue weighted by Crippen LogP contribution is -2.45. The predicted molar refractivity (Wildman–Crippen MR) is 95.9 cm³/mol. The van der Waals surface area contributed by atoms with E-state index < -0.39 is 11.9 Å². The van der Waals surface area contributed by atoms with Gasteiger partial charge in [0.05, 0.1) is 7.11 Å². The average Bonchev–Trinajstić information content (AvgIpc) is 2.62. The third-order valence-electron chi connectivity index (χ3n) is 4.24. The van der Waals surface area contributed by atoms with Crippen molar-refractivity contribution in [3.63, 3.8) is 0 Å². The van der Waals surface area contributed by atoms with Crippen LogP contribution in [0.4, 0.5) is 16.3 Å². The predicted octanol–water partition coefficient (Wildman–Crippen LogP) is 1.49. The van der Waals surface area contributed by atoms with Crippen LogP contribution >= 0.6 is 0 Å². The molecule has 1 aliphatic heterocycles. The number of nitrogens with two attached hydrogens (primary N) is 1. The Kier molecular flexibility index (Phi) is 5.36. The maximum Gasteiger partial charge on any atom is 0.230 e. The molecule has 8 nitrogen and oxygen atoms in total. The van der Waals surface area contributed by atoms with E-state index in [4.69, 9.17) is 15.2 Å². The highest BCUT2D eigenvalue weighted by atomic mass is 19.1. The molecule has 0 spiro atoms. The molecule has 9 heteroatoms. The molecule has 1 saturated heterocycles. The van der Waals surface area contributed by atoms with Crippen LogP contribution in [0.25, 0.3) is 0 Å². The molecule has 0 radical (unpaired) electrons. The summed E-state index contributed by atoms with van der Waals surface area (Å²) in [6, 6.07) is 4.08. The first-order chi connectivity index (χ1) is 12.5. The molecule has 1 aromatic carbocycles. The number of methoxy groups -OCH3 is 1. The number of piperazine rings is 1. The maximum absolute atomic E-state index is 13.5. The average molecular weight is 362 g/mol. The van der Waals surface area contributed by atoms with E-state index in [1.54, 1.807) is 6.92 Å². The normalized spacial score (nSPS) is 16.4. The van der Waals surface area contributed by atoms with Gasteiger partial charge in [-0.3, -0.25) is 0 Å². The quantitative estimate of drug-likeness (QED) is 0.856. The van der Waals surface area contributed by atoms with Crippen LogP contribution < -0.4 is 20.1 Å². The molecule has 26 heavy (non-hydrogen) atoms. The number of ether oxygens (including phenoxy) is 2. The molecule has 1 fully saturated rings. The van der Waals surface area contributed by atoms with E-state index >= 15 is 0 Å². The summed E-state index contributed by atoms with van der Waals surface area (Å²) in [5.74, 6) is 1.34. The Bertz CT molecular complexity index is 767. The molecule has 1 unspecified atom stereocenters. The number of benzene rings is 1. The maximum atomic E-state index is 13.5. The molecule has 3 rings (SSSR count). The van der Waals surface area contributed by atoms with E-state index in [2.05, 4.69) is 31.8 Å². The number of halogens is 1. The highest BCUT2D eigenvalue weighted by molar-refractivity contribution is 5.41. The lowest BCUT2D eigenvalue weighted by atomic mass is 10.3. The molecular weight excluding hydrogens is 339 g/mol. The van der Waals surface area contributed by atoms with Gasteiger partial charge in [-0.05, 0) is 26.1 Å². The van der Waals surface area contributed by atoms with Gasteiger partial charge in [-0.25, -0.2) is 4.39 Å². The Hall–Kier alpha value is -2.68. The largest absolute Gasteiger partial charge is 0.493 e. The number of anilines is 2. The molecule has 2 heterocycles. The fourth-order valence-corrected chi connectivity index (χ4v) is 2.71. The summed E-state index contributed by atoms with van der Waals surface area (Å²) >= 11 is 0. The van der Waals surface area contributed by atoms with Crippen LogP contribution in [0, 0.1) is 5.82 Å². The first kappa shape index (κ1) is 18.1. The van der Waals surface area contributed by atoms with Gasteiger partial charge >= 0.3 is 0 Å². The minimum Gasteiger partial charge on any atom is -0.493 e. The van der Waals surface area contributed by atoms with Gasteiger partial charge < -0.3 is 25.0 Å². The van der Waals surface area contributed by atoms with Crippen LogP contribution in [0.1, 0.15) is 18.9 Å². The van der Waals surface area contributed by atoms with E-state index in [1.165, 1.54) is 25.3 Å². The number of hydrogen-bond acceptors (Lipinski definition) is 8. The Balaban J connectivity index is 1.81. The summed E-state index contributed by atoms with van der Waals surface area (Å²) in [4.78, 5) is 17.2. The van der Waals surface area contributed by atoms with E-state index in [9.17, 15) is 4.39 Å². The van der Waals surface area contributed by atoms with Crippen molar-refractivity contribution in [2.24, 2.45) is 0 Å². The number of aromatic nitrogens is 3. The molecule has 2 N–H and O–H groups in total. The minimum absolute atomic E-state index is 0.130. The first-order valence-corrected chi connectivity index (χ1v) is 8.41. The summed E-state index contributed by atoms with van der Waals surface area (Å²) < 4.78 is 24.6. The van der Waals surface area contributed by atoms with Gasteiger partial charge in [0.2, 0.25) is 11.9 Å². The fourth-order valence-electron chi connectivity index (χ4n) is 2.71. The van der Waals surface area contributed by atoms with Gasteiger partial charge in [0.15, 0.2) is 23.4 Å². The summed E-state index contributed by atoms with van der Waals surface area (Å²) in [7, 11) is 3.57. The van der Waals surface area contributed by atoms with Gasteiger partial charge in [0.25, 0.3) is 0 Å². The standard InChI is InChI=1S/C17H23FN6O2/c1-11(26-14-10-12(18)4-5-13(14)25-3)15-20-16(19)22-17(21-15)24-8-6-23(2)7-9-24/h4-5,10-11H,6-9H2,1-3H3,(H2,19,20,21,22). The third-order valence-corrected chi connectivity index (χ3v) is 4.24. The minimum atomic E-state index is -0.554. The van der Waals surface area contributed by atoms with E-state index in [0.29, 0.717) is 17.5 Å². The van der Waals surface area contributed by atoms with Crippen molar-refractivity contribution in [3.05, 3.63) is 29.8 Å². The molecule has 2 aromatic rings. The van der Waals surface area contributed by atoms with Crippen molar-refractivity contribution in [1.29, 1.82) is 0 Å². The zero-order valence-corrected chi connectivity index (χ0v) is 15.1. The molecule has 0 amide bonds. The lowest BCUT2D eigenvalue weighted by molar-refractivity contribution is 0.205. The van der Waals surface area contributed by atoms with Crippen molar-refractivity contribution in [1.82, 2.24) is 19.9 Å². The fraction of sp³-hybridized carbons (Fsp3) is 0.471. The van der Waals surface area contributed by atoms with Gasteiger partial charge in [-0.2, -0.15) is 15.0 Å². The molecule has 0 saturated carbocycles. The van der Waals surface area contributed by atoms with Crippen LogP contribution in [0.3, 0.4) is 0 Å². The highest BCUT2D eigenvalue weighted by Gasteiger charge is 2.21. The second-order valence-corrected chi connectivity index (χ2v) is 6.20. The van der Waals surface area contributed by atoms with Gasteiger partial charge in [0.1, 0.15) is 5.82 Å². The van der Waals surface area contributed by atoms with Crippen LogP contribution in [0.2, 0.25) is 0 Å². The van der Waals surface area contributed by atoms with Crippen molar-refractivity contribution < 1.29 is 13.9 Å².